The molecule has 0 fully saturated rings. The van der Waals surface area contributed by atoms with E-state index in [4.69, 9.17) is 4.74 Å². The first kappa shape index (κ1) is 28.7. The molecule has 40 heavy (non-hydrogen) atoms. The summed E-state index contributed by atoms with van der Waals surface area (Å²) in [4.78, 5) is 39.2. The molecule has 0 aliphatic carbocycles. The second kappa shape index (κ2) is 14.2. The molecule has 0 heterocycles. The van der Waals surface area contributed by atoms with Crippen LogP contribution in [0, 0.1) is 0 Å². The van der Waals surface area contributed by atoms with E-state index in [2.05, 4.69) is 31.9 Å². The molecule has 0 unspecified atom stereocenters. The average molecular weight is 617 g/mol. The zero-order valence-electron chi connectivity index (χ0n) is 21.5. The lowest BCUT2D eigenvalue weighted by atomic mass is 10.1. The molecule has 3 amide bonds. The van der Waals surface area contributed by atoms with Gasteiger partial charge in [0.15, 0.2) is 0 Å². The Morgan fingerprint density at radius 1 is 0.825 bits per heavy atom. The van der Waals surface area contributed by atoms with Crippen LogP contribution in [0.4, 0.5) is 11.4 Å². The van der Waals surface area contributed by atoms with Crippen molar-refractivity contribution in [1.82, 2.24) is 5.32 Å². The first-order valence-electron chi connectivity index (χ1n) is 12.2. The van der Waals surface area contributed by atoms with Crippen molar-refractivity contribution in [3.63, 3.8) is 0 Å². The highest BCUT2D eigenvalue weighted by atomic mass is 79.9. The summed E-state index contributed by atoms with van der Waals surface area (Å²) < 4.78 is 6.03. The average Bonchev–Trinajstić information content (AvgIpc) is 2.97. The number of hydrogen-bond donors (Lipinski definition) is 3. The van der Waals surface area contributed by atoms with Crippen LogP contribution in [0.5, 0.6) is 5.75 Å². The van der Waals surface area contributed by atoms with Gasteiger partial charge in [0.1, 0.15) is 11.4 Å². The smallest absolute Gasteiger partial charge is 0.272 e. The van der Waals surface area contributed by atoms with Gasteiger partial charge in [-0.3, -0.25) is 14.4 Å². The fourth-order valence-corrected chi connectivity index (χ4v) is 4.70. The van der Waals surface area contributed by atoms with E-state index in [-0.39, 0.29) is 17.4 Å². The first-order chi connectivity index (χ1) is 19.4. The summed E-state index contributed by atoms with van der Waals surface area (Å²) in [6.45, 7) is 0. The van der Waals surface area contributed by atoms with E-state index in [1.54, 1.807) is 73.8 Å². The van der Waals surface area contributed by atoms with Crippen molar-refractivity contribution in [2.24, 2.45) is 0 Å². The van der Waals surface area contributed by atoms with E-state index < -0.39 is 11.8 Å². The van der Waals surface area contributed by atoms with Crippen LogP contribution in [0.25, 0.3) is 6.08 Å². The maximum Gasteiger partial charge on any atom is 0.272 e. The Bertz CT molecular complexity index is 1530. The first-order valence-corrected chi connectivity index (χ1v) is 14.0. The molecule has 3 N–H and O–H groups in total. The molecule has 0 saturated heterocycles. The van der Waals surface area contributed by atoms with Gasteiger partial charge in [0, 0.05) is 32.4 Å². The van der Waals surface area contributed by atoms with Gasteiger partial charge in [-0.2, -0.15) is 0 Å². The molecule has 0 bridgehead atoms. The molecular formula is C31H26BrN3O4S. The Morgan fingerprint density at radius 3 is 2.30 bits per heavy atom. The van der Waals surface area contributed by atoms with Crippen molar-refractivity contribution in [2.45, 2.75) is 4.90 Å². The van der Waals surface area contributed by atoms with Gasteiger partial charge >= 0.3 is 0 Å². The van der Waals surface area contributed by atoms with Gasteiger partial charge in [-0.05, 0) is 72.3 Å². The van der Waals surface area contributed by atoms with Gasteiger partial charge in [-0.25, -0.2) is 0 Å². The van der Waals surface area contributed by atoms with Crippen molar-refractivity contribution in [2.75, 3.05) is 23.5 Å². The quantitative estimate of drug-likeness (QED) is 0.138. The monoisotopic (exact) mass is 615 g/mol. The number of nitrogens with one attached hydrogen (secondary N) is 3. The maximum absolute atomic E-state index is 13.2. The summed E-state index contributed by atoms with van der Waals surface area (Å²) in [5.74, 6) is -0.128. The fourth-order valence-electron chi connectivity index (χ4n) is 3.59. The summed E-state index contributed by atoms with van der Waals surface area (Å²) in [6.07, 6.45) is 1.62. The Balaban J connectivity index is 1.39. The summed E-state index contributed by atoms with van der Waals surface area (Å²) in [5, 5.41) is 8.41. The maximum atomic E-state index is 13.2. The highest BCUT2D eigenvalue weighted by molar-refractivity contribution is 9.10. The van der Waals surface area contributed by atoms with Crippen LogP contribution >= 0.6 is 27.7 Å². The largest absolute Gasteiger partial charge is 0.497 e. The van der Waals surface area contributed by atoms with Crippen molar-refractivity contribution in [3.05, 3.63) is 124 Å². The lowest BCUT2D eigenvalue weighted by Gasteiger charge is -2.12. The number of thioether (sulfide) groups is 1. The normalized spacial score (nSPS) is 10.9. The highest BCUT2D eigenvalue weighted by Gasteiger charge is 2.15. The van der Waals surface area contributed by atoms with Crippen LogP contribution in [0.15, 0.2) is 118 Å². The van der Waals surface area contributed by atoms with Crippen LogP contribution in [0.1, 0.15) is 15.9 Å². The molecule has 202 valence electrons. The van der Waals surface area contributed by atoms with Gasteiger partial charge < -0.3 is 20.7 Å². The molecule has 4 aromatic carbocycles. The Kier molecular flexibility index (Phi) is 10.1. The minimum atomic E-state index is -0.470. The third-order valence-electron chi connectivity index (χ3n) is 5.52. The van der Waals surface area contributed by atoms with Crippen molar-refractivity contribution in [1.29, 1.82) is 0 Å². The van der Waals surface area contributed by atoms with Gasteiger partial charge in [-0.15, -0.1) is 11.8 Å². The molecule has 4 aromatic rings. The zero-order chi connectivity index (χ0) is 28.3. The van der Waals surface area contributed by atoms with Crippen LogP contribution < -0.4 is 20.7 Å². The van der Waals surface area contributed by atoms with Crippen LogP contribution in [-0.2, 0) is 9.59 Å². The van der Waals surface area contributed by atoms with Gasteiger partial charge in [0.25, 0.3) is 11.8 Å². The minimum absolute atomic E-state index is 0.0969. The number of carbonyl (C=O) groups is 3. The number of halogens is 1. The highest BCUT2D eigenvalue weighted by Crippen LogP contribution is 2.22. The van der Waals surface area contributed by atoms with Crippen LogP contribution in [0.2, 0.25) is 0 Å². The lowest BCUT2D eigenvalue weighted by molar-refractivity contribution is -0.114. The van der Waals surface area contributed by atoms with Gasteiger partial charge in [0.05, 0.1) is 12.9 Å². The second-order valence-corrected chi connectivity index (χ2v) is 10.4. The second-order valence-electron chi connectivity index (χ2n) is 8.48. The zero-order valence-corrected chi connectivity index (χ0v) is 23.9. The number of hydrogen-bond acceptors (Lipinski definition) is 5. The molecule has 0 spiro atoms. The number of carbonyl (C=O) groups excluding carboxylic acids is 3. The Hall–Kier alpha value is -4.34. The predicted molar refractivity (Wildman–Crippen MR) is 163 cm³/mol. The number of amides is 3. The van der Waals surface area contributed by atoms with Crippen molar-refractivity contribution < 1.29 is 19.1 Å². The van der Waals surface area contributed by atoms with Crippen molar-refractivity contribution in [3.8, 4) is 5.75 Å². The van der Waals surface area contributed by atoms with E-state index in [0.29, 0.717) is 22.7 Å². The summed E-state index contributed by atoms with van der Waals surface area (Å²) in [5.41, 5.74) is 2.48. The topological polar surface area (TPSA) is 96.5 Å². The molecule has 0 aliphatic rings. The molecule has 0 aromatic heterocycles. The van der Waals surface area contributed by atoms with Crippen LogP contribution in [-0.4, -0.2) is 30.6 Å². The standard InChI is InChI=1S/C31H26BrN3O4S/c1-39-26-12-6-11-25(19-26)33-29(36)20-40-27-15-13-24(14-16-27)34-31(38)28(18-21-7-5-10-23(32)17-21)35-30(37)22-8-3-2-4-9-22/h2-19H,20H2,1H3,(H,33,36)(H,34,38)(H,35,37)/b28-18-. The summed E-state index contributed by atoms with van der Waals surface area (Å²) in [6, 6.07) is 30.4. The third-order valence-corrected chi connectivity index (χ3v) is 7.03. The van der Waals surface area contributed by atoms with E-state index in [1.807, 2.05) is 42.5 Å². The SMILES string of the molecule is COc1cccc(NC(=O)CSc2ccc(NC(=O)/C(=C/c3cccc(Br)c3)NC(=O)c3ccccc3)cc2)c1. The van der Waals surface area contributed by atoms with Gasteiger partial charge in [-0.1, -0.05) is 52.3 Å². The summed E-state index contributed by atoms with van der Waals surface area (Å²) in [7, 11) is 1.57. The number of ether oxygens (including phenoxy) is 1. The fraction of sp³-hybridized carbons (Fsp3) is 0.0645. The van der Waals surface area contributed by atoms with E-state index >= 15 is 0 Å². The number of rotatable bonds is 10. The molecule has 4 rings (SSSR count). The molecule has 0 aliphatic heterocycles. The van der Waals surface area contributed by atoms with Gasteiger partial charge in [0.2, 0.25) is 5.91 Å². The molecular weight excluding hydrogens is 590 g/mol. The van der Waals surface area contributed by atoms with Crippen molar-refractivity contribution >= 4 is 62.9 Å². The number of methoxy groups -OCH3 is 1. The molecule has 0 saturated carbocycles. The number of benzene rings is 4. The van der Waals surface area contributed by atoms with E-state index in [9.17, 15) is 14.4 Å². The minimum Gasteiger partial charge on any atom is -0.497 e. The number of anilines is 2. The molecule has 9 heteroatoms. The van der Waals surface area contributed by atoms with E-state index in [0.717, 1.165) is 14.9 Å². The lowest BCUT2D eigenvalue weighted by Crippen LogP contribution is -2.30. The summed E-state index contributed by atoms with van der Waals surface area (Å²) >= 11 is 4.80. The predicted octanol–water partition coefficient (Wildman–Crippen LogP) is 6.60. The third kappa shape index (κ3) is 8.59. The Morgan fingerprint density at radius 2 is 1.57 bits per heavy atom. The molecule has 7 nitrogen and oxygen atoms in total. The van der Waals surface area contributed by atoms with E-state index in [1.165, 1.54) is 11.8 Å². The van der Waals surface area contributed by atoms with Crippen LogP contribution in [0.3, 0.4) is 0 Å². The Labute approximate surface area is 245 Å². The molecule has 0 radical (unpaired) electrons. The molecule has 0 atom stereocenters.